The highest BCUT2D eigenvalue weighted by Gasteiger charge is 2.18. The highest BCUT2D eigenvalue weighted by molar-refractivity contribution is 6.17. The molecule has 40 heavy (non-hydrogen) atoms. The zero-order chi connectivity index (χ0) is 28.6. The Kier molecular flexibility index (Phi) is 8.75. The molecule has 3 heterocycles. The van der Waals surface area contributed by atoms with Crippen LogP contribution in [0.15, 0.2) is 102 Å². The van der Waals surface area contributed by atoms with Crippen LogP contribution >= 0.6 is 0 Å². The molecule has 2 amide bonds. The van der Waals surface area contributed by atoms with E-state index in [-0.39, 0.29) is 6.03 Å². The van der Waals surface area contributed by atoms with Gasteiger partial charge >= 0.3 is 6.03 Å². The van der Waals surface area contributed by atoms with Gasteiger partial charge in [-0.25, -0.2) is 4.79 Å². The van der Waals surface area contributed by atoms with Gasteiger partial charge in [0.2, 0.25) is 0 Å². The van der Waals surface area contributed by atoms with Crippen molar-refractivity contribution in [1.82, 2.24) is 19.9 Å². The lowest BCUT2D eigenvalue weighted by atomic mass is 9.97. The average molecular weight is 535 g/mol. The predicted molar refractivity (Wildman–Crippen MR) is 164 cm³/mol. The summed E-state index contributed by atoms with van der Waals surface area (Å²) >= 11 is 0. The number of carbonyl (C=O) groups excluding carboxylic acids is 1. The molecule has 0 bridgehead atoms. The Balaban J connectivity index is 1.81. The topological polar surface area (TPSA) is 138 Å². The van der Waals surface area contributed by atoms with Crippen molar-refractivity contribution in [2.45, 2.75) is 13.8 Å². The maximum Gasteiger partial charge on any atom is 0.321 e. The number of carbonyl (C=O) groups is 1. The fourth-order valence-electron chi connectivity index (χ4n) is 4.27. The molecule has 6 N–H and O–H groups in total. The lowest BCUT2D eigenvalue weighted by Crippen LogP contribution is -2.27. The molecule has 0 atom stereocenters. The third kappa shape index (κ3) is 6.10. The third-order valence-corrected chi connectivity index (χ3v) is 6.31. The molecule has 0 fully saturated rings. The van der Waals surface area contributed by atoms with Crippen LogP contribution in [0.3, 0.4) is 0 Å². The van der Waals surface area contributed by atoms with Crippen molar-refractivity contribution in [2.24, 2.45) is 16.5 Å². The summed E-state index contributed by atoms with van der Waals surface area (Å²) in [6, 6.07) is 13.8. The first-order valence-electron chi connectivity index (χ1n) is 12.9. The molecule has 0 aliphatic heterocycles. The number of nitrogens with two attached hydrogens (primary N) is 2. The lowest BCUT2D eigenvalue weighted by Gasteiger charge is -2.14. The van der Waals surface area contributed by atoms with Crippen LogP contribution in [0.1, 0.15) is 25.1 Å². The molecule has 0 unspecified atom stereocenters. The summed E-state index contributed by atoms with van der Waals surface area (Å²) in [5, 5.41) is 3.88. The molecule has 0 saturated heterocycles. The van der Waals surface area contributed by atoms with E-state index < -0.39 is 0 Å². The summed E-state index contributed by atoms with van der Waals surface area (Å²) in [7, 11) is 3.34. The van der Waals surface area contributed by atoms with Crippen LogP contribution in [0.25, 0.3) is 27.6 Å². The van der Waals surface area contributed by atoms with E-state index in [2.05, 4.69) is 32.4 Å². The second-order valence-electron chi connectivity index (χ2n) is 9.22. The van der Waals surface area contributed by atoms with Gasteiger partial charge in [0.25, 0.3) is 0 Å². The molecule has 4 aromatic rings. The van der Waals surface area contributed by atoms with E-state index in [1.54, 1.807) is 38.9 Å². The molecule has 4 rings (SSSR count). The second-order valence-corrected chi connectivity index (χ2v) is 9.22. The number of aromatic amines is 1. The highest BCUT2D eigenvalue weighted by Crippen LogP contribution is 2.31. The van der Waals surface area contributed by atoms with Gasteiger partial charge in [0, 0.05) is 73.2 Å². The molecule has 3 aromatic heterocycles. The number of aromatic nitrogens is 3. The normalized spacial score (nSPS) is 13.0. The largest absolute Gasteiger partial charge is 0.404 e. The van der Waals surface area contributed by atoms with Gasteiger partial charge in [0.15, 0.2) is 0 Å². The van der Waals surface area contributed by atoms with Gasteiger partial charge in [0.05, 0.1) is 23.3 Å². The van der Waals surface area contributed by atoms with Gasteiger partial charge in [-0.1, -0.05) is 18.2 Å². The van der Waals surface area contributed by atoms with E-state index in [1.165, 1.54) is 11.1 Å². The number of hydrogen-bond acceptors (Lipinski definition) is 6. The van der Waals surface area contributed by atoms with E-state index in [4.69, 9.17) is 16.5 Å². The van der Waals surface area contributed by atoms with Crippen molar-refractivity contribution in [1.29, 1.82) is 0 Å². The van der Waals surface area contributed by atoms with Crippen LogP contribution < -0.4 is 16.8 Å². The van der Waals surface area contributed by atoms with Gasteiger partial charge < -0.3 is 26.7 Å². The Morgan fingerprint density at radius 1 is 1.12 bits per heavy atom. The Hall–Kier alpha value is -5.18. The SMILES string of the molecule is C\C=C(N)/C(=C\C(=C/N)c1cncc(NC(=O)N(C)C)c1)C(=NCC)c1cc2c(-c3ccncc3)cccc2[nH]1. The molecule has 204 valence electrons. The average Bonchev–Trinajstić information content (AvgIpc) is 3.41. The summed E-state index contributed by atoms with van der Waals surface area (Å²) < 4.78 is 0. The number of rotatable bonds is 8. The van der Waals surface area contributed by atoms with Gasteiger partial charge in [-0.2, -0.15) is 0 Å². The Morgan fingerprint density at radius 3 is 2.58 bits per heavy atom. The highest BCUT2D eigenvalue weighted by atomic mass is 16.2. The van der Waals surface area contributed by atoms with E-state index in [0.717, 1.165) is 27.7 Å². The van der Waals surface area contributed by atoms with Crippen LogP contribution in [0.5, 0.6) is 0 Å². The molecule has 9 heteroatoms. The summed E-state index contributed by atoms with van der Waals surface area (Å²) in [4.78, 5) is 30.5. The first-order valence-corrected chi connectivity index (χ1v) is 12.9. The lowest BCUT2D eigenvalue weighted by molar-refractivity contribution is 0.230. The fraction of sp³-hybridized carbons (Fsp3) is 0.161. The minimum absolute atomic E-state index is 0.256. The summed E-state index contributed by atoms with van der Waals surface area (Å²) in [6.45, 7) is 4.41. The van der Waals surface area contributed by atoms with Crippen LogP contribution in [0.2, 0.25) is 0 Å². The number of pyridine rings is 2. The number of amides is 2. The predicted octanol–water partition coefficient (Wildman–Crippen LogP) is 5.32. The minimum atomic E-state index is -0.256. The monoisotopic (exact) mass is 534 g/mol. The number of H-pyrrole nitrogens is 1. The zero-order valence-electron chi connectivity index (χ0n) is 23.1. The van der Waals surface area contributed by atoms with Crippen LogP contribution in [-0.2, 0) is 0 Å². The number of benzene rings is 1. The number of nitrogens with one attached hydrogen (secondary N) is 2. The number of anilines is 1. The summed E-state index contributed by atoms with van der Waals surface area (Å²) in [5.41, 5.74) is 20.5. The Bertz CT molecular complexity index is 1630. The van der Waals surface area contributed by atoms with Crippen molar-refractivity contribution in [2.75, 3.05) is 26.0 Å². The molecule has 0 aliphatic carbocycles. The molecular weight excluding hydrogens is 500 g/mol. The van der Waals surface area contributed by atoms with Crippen LogP contribution in [-0.4, -0.2) is 52.2 Å². The number of urea groups is 1. The standard InChI is InChI=1S/C31H34N8O/c1-5-27(33)26(15-21(17-32)22-14-23(19-35-18-22)37-31(40)39(3)4)30(36-6-2)29-16-25-24(8-7-9-28(25)38-29)20-10-12-34-13-11-20/h5,7-19,38H,6,32-33H2,1-4H3,(H,37,40)/b21-17+,26-15+,27-5+,36-30?. The van der Waals surface area contributed by atoms with Crippen molar-refractivity contribution in [3.05, 3.63) is 108 Å². The van der Waals surface area contributed by atoms with Crippen molar-refractivity contribution in [3.63, 3.8) is 0 Å². The van der Waals surface area contributed by atoms with Crippen molar-refractivity contribution in [3.8, 4) is 11.1 Å². The van der Waals surface area contributed by atoms with Gasteiger partial charge in [-0.3, -0.25) is 15.0 Å². The van der Waals surface area contributed by atoms with Crippen molar-refractivity contribution >= 4 is 33.9 Å². The molecule has 0 saturated carbocycles. The van der Waals surface area contributed by atoms with E-state index in [9.17, 15) is 4.79 Å². The van der Waals surface area contributed by atoms with Gasteiger partial charge in [0.1, 0.15) is 0 Å². The fourth-order valence-corrected chi connectivity index (χ4v) is 4.27. The second kappa shape index (κ2) is 12.6. The Labute approximate surface area is 234 Å². The molecule has 1 aromatic carbocycles. The first-order chi connectivity index (χ1) is 19.4. The van der Waals surface area contributed by atoms with Gasteiger partial charge in [-0.15, -0.1) is 0 Å². The third-order valence-electron chi connectivity index (χ3n) is 6.31. The molecule has 0 radical (unpaired) electrons. The smallest absolute Gasteiger partial charge is 0.321 e. The van der Waals surface area contributed by atoms with E-state index in [1.807, 2.05) is 56.3 Å². The maximum absolute atomic E-state index is 12.2. The quantitative estimate of drug-likeness (QED) is 0.179. The molecule has 0 spiro atoms. The number of aliphatic imine (C=N–C) groups is 1. The van der Waals surface area contributed by atoms with Crippen molar-refractivity contribution < 1.29 is 4.79 Å². The number of nitrogens with zero attached hydrogens (tertiary/aromatic N) is 4. The number of allylic oxidation sites excluding steroid dienone is 4. The summed E-state index contributed by atoms with van der Waals surface area (Å²) in [6.07, 6.45) is 12.1. The molecule has 9 nitrogen and oxygen atoms in total. The van der Waals surface area contributed by atoms with E-state index in [0.29, 0.717) is 40.4 Å². The van der Waals surface area contributed by atoms with E-state index >= 15 is 0 Å². The zero-order valence-corrected chi connectivity index (χ0v) is 23.1. The number of hydrogen-bond donors (Lipinski definition) is 4. The first kappa shape index (κ1) is 27.8. The van der Waals surface area contributed by atoms with Crippen LogP contribution in [0, 0.1) is 0 Å². The number of fused-ring (bicyclic) bond motifs is 1. The van der Waals surface area contributed by atoms with Gasteiger partial charge in [-0.05, 0) is 67.0 Å². The summed E-state index contributed by atoms with van der Waals surface area (Å²) in [5.74, 6) is 0. The molecular formula is C31H34N8O. The molecule has 0 aliphatic rings. The minimum Gasteiger partial charge on any atom is -0.404 e. The maximum atomic E-state index is 12.2. The van der Waals surface area contributed by atoms with Crippen LogP contribution in [0.4, 0.5) is 10.5 Å². The Morgan fingerprint density at radius 2 is 1.90 bits per heavy atom.